The zero-order valence-electron chi connectivity index (χ0n) is 8.83. The van der Waals surface area contributed by atoms with Crippen molar-refractivity contribution in [2.24, 2.45) is 0 Å². The fourth-order valence-electron chi connectivity index (χ4n) is 1.22. The fourth-order valence-corrected chi connectivity index (χ4v) is 1.22. The maximum atomic E-state index is 9.33. The van der Waals surface area contributed by atoms with Crippen LogP contribution in [0.25, 0.3) is 0 Å². The van der Waals surface area contributed by atoms with Gasteiger partial charge in [0.15, 0.2) is 0 Å². The molecule has 0 saturated carbocycles. The van der Waals surface area contributed by atoms with Gasteiger partial charge in [0, 0.05) is 25.5 Å². The van der Waals surface area contributed by atoms with E-state index in [9.17, 15) is 5.11 Å². The Hall–Kier alpha value is -0.930. The molecule has 0 spiro atoms. The molecule has 14 heavy (non-hydrogen) atoms. The Balaban J connectivity index is 2.35. The molecular weight excluding hydrogens is 176 g/mol. The van der Waals surface area contributed by atoms with Crippen LogP contribution in [0.1, 0.15) is 24.5 Å². The van der Waals surface area contributed by atoms with Crippen molar-refractivity contribution in [2.75, 3.05) is 6.54 Å². The standard InChI is InChI=1S/C11H18N2O/c1-3-11(14)8-13-7-10-4-5-12-6-9(10)2/h4-6,11,13-14H,3,7-8H2,1-2H3. The first kappa shape index (κ1) is 11.1. The van der Waals surface area contributed by atoms with Crippen LogP contribution in [0.15, 0.2) is 18.5 Å². The quantitative estimate of drug-likeness (QED) is 0.741. The molecule has 1 aromatic heterocycles. The molecule has 2 N–H and O–H groups in total. The lowest BCUT2D eigenvalue weighted by Gasteiger charge is -2.10. The van der Waals surface area contributed by atoms with Gasteiger partial charge in [-0.3, -0.25) is 4.98 Å². The molecule has 1 rings (SSSR count). The van der Waals surface area contributed by atoms with E-state index in [0.29, 0.717) is 6.54 Å². The average molecular weight is 194 g/mol. The third-order valence-corrected chi connectivity index (χ3v) is 2.30. The Morgan fingerprint density at radius 2 is 2.36 bits per heavy atom. The maximum absolute atomic E-state index is 9.33. The number of aliphatic hydroxyl groups excluding tert-OH is 1. The van der Waals surface area contributed by atoms with Crippen LogP contribution in [-0.2, 0) is 6.54 Å². The second kappa shape index (κ2) is 5.73. The molecule has 0 aliphatic heterocycles. The molecule has 3 heteroatoms. The van der Waals surface area contributed by atoms with Crippen molar-refractivity contribution in [1.82, 2.24) is 10.3 Å². The molecule has 0 bridgehead atoms. The van der Waals surface area contributed by atoms with Gasteiger partial charge in [-0.05, 0) is 30.5 Å². The zero-order chi connectivity index (χ0) is 10.4. The molecule has 1 aromatic rings. The van der Waals surface area contributed by atoms with Crippen molar-refractivity contribution in [3.8, 4) is 0 Å². The van der Waals surface area contributed by atoms with Gasteiger partial charge < -0.3 is 10.4 Å². The lowest BCUT2D eigenvalue weighted by molar-refractivity contribution is 0.167. The Morgan fingerprint density at radius 1 is 1.57 bits per heavy atom. The first-order valence-electron chi connectivity index (χ1n) is 5.02. The van der Waals surface area contributed by atoms with Crippen molar-refractivity contribution in [3.05, 3.63) is 29.6 Å². The van der Waals surface area contributed by atoms with Crippen molar-refractivity contribution >= 4 is 0 Å². The molecule has 0 aliphatic carbocycles. The van der Waals surface area contributed by atoms with E-state index in [1.165, 1.54) is 11.1 Å². The summed E-state index contributed by atoms with van der Waals surface area (Å²) in [7, 11) is 0. The van der Waals surface area contributed by atoms with Gasteiger partial charge in [-0.25, -0.2) is 0 Å². The highest BCUT2D eigenvalue weighted by molar-refractivity contribution is 5.21. The molecule has 0 aromatic carbocycles. The number of aliphatic hydroxyl groups is 1. The molecule has 0 radical (unpaired) electrons. The van der Waals surface area contributed by atoms with E-state index in [4.69, 9.17) is 0 Å². The van der Waals surface area contributed by atoms with E-state index in [2.05, 4.69) is 10.3 Å². The van der Waals surface area contributed by atoms with Crippen LogP contribution < -0.4 is 5.32 Å². The summed E-state index contributed by atoms with van der Waals surface area (Å²) in [5, 5.41) is 12.5. The second-order valence-electron chi connectivity index (χ2n) is 3.50. The van der Waals surface area contributed by atoms with E-state index in [1.54, 1.807) is 6.20 Å². The third kappa shape index (κ3) is 3.44. The Bertz CT molecular complexity index is 276. The zero-order valence-corrected chi connectivity index (χ0v) is 8.83. The summed E-state index contributed by atoms with van der Waals surface area (Å²) in [5.41, 5.74) is 2.43. The predicted molar refractivity (Wildman–Crippen MR) is 57.0 cm³/mol. The molecule has 0 amide bonds. The topological polar surface area (TPSA) is 45.1 Å². The molecule has 1 unspecified atom stereocenters. The monoisotopic (exact) mass is 194 g/mol. The highest BCUT2D eigenvalue weighted by atomic mass is 16.3. The number of pyridine rings is 1. The number of aryl methyl sites for hydroxylation is 1. The highest BCUT2D eigenvalue weighted by Gasteiger charge is 2.00. The number of rotatable bonds is 5. The third-order valence-electron chi connectivity index (χ3n) is 2.30. The molecule has 0 aliphatic rings. The van der Waals surface area contributed by atoms with Gasteiger partial charge in [0.05, 0.1) is 6.10 Å². The van der Waals surface area contributed by atoms with Crippen LogP contribution in [-0.4, -0.2) is 22.7 Å². The van der Waals surface area contributed by atoms with Crippen LogP contribution in [0.2, 0.25) is 0 Å². The molecule has 0 fully saturated rings. The minimum Gasteiger partial charge on any atom is -0.392 e. The summed E-state index contributed by atoms with van der Waals surface area (Å²) in [6, 6.07) is 2.00. The first-order chi connectivity index (χ1) is 6.74. The second-order valence-corrected chi connectivity index (χ2v) is 3.50. The molecule has 1 heterocycles. The van der Waals surface area contributed by atoms with Crippen LogP contribution in [0.4, 0.5) is 0 Å². The van der Waals surface area contributed by atoms with Crippen molar-refractivity contribution in [2.45, 2.75) is 32.9 Å². The van der Waals surface area contributed by atoms with Gasteiger partial charge in [-0.1, -0.05) is 6.92 Å². The number of aromatic nitrogens is 1. The van der Waals surface area contributed by atoms with Gasteiger partial charge >= 0.3 is 0 Å². The summed E-state index contributed by atoms with van der Waals surface area (Å²) in [4.78, 5) is 4.03. The van der Waals surface area contributed by atoms with Gasteiger partial charge in [0.25, 0.3) is 0 Å². The average Bonchev–Trinajstić information content (AvgIpc) is 2.20. The summed E-state index contributed by atoms with van der Waals surface area (Å²) in [6.45, 7) is 5.47. The number of nitrogens with one attached hydrogen (secondary N) is 1. The Kier molecular flexibility index (Phi) is 4.56. The molecular formula is C11H18N2O. The number of hydrogen-bond donors (Lipinski definition) is 2. The normalized spacial score (nSPS) is 12.8. The smallest absolute Gasteiger partial charge is 0.0662 e. The van der Waals surface area contributed by atoms with Crippen LogP contribution in [0.5, 0.6) is 0 Å². The van der Waals surface area contributed by atoms with Crippen LogP contribution in [0.3, 0.4) is 0 Å². The minimum atomic E-state index is -0.239. The van der Waals surface area contributed by atoms with E-state index in [1.807, 2.05) is 26.1 Å². The van der Waals surface area contributed by atoms with Gasteiger partial charge in [0.1, 0.15) is 0 Å². The molecule has 1 atom stereocenters. The Labute approximate surface area is 85.2 Å². The minimum absolute atomic E-state index is 0.239. The summed E-state index contributed by atoms with van der Waals surface area (Å²) >= 11 is 0. The fraction of sp³-hybridized carbons (Fsp3) is 0.545. The first-order valence-corrected chi connectivity index (χ1v) is 5.02. The molecule has 3 nitrogen and oxygen atoms in total. The number of nitrogens with zero attached hydrogens (tertiary/aromatic N) is 1. The van der Waals surface area contributed by atoms with Gasteiger partial charge in [0.2, 0.25) is 0 Å². The van der Waals surface area contributed by atoms with Gasteiger partial charge in [-0.15, -0.1) is 0 Å². The van der Waals surface area contributed by atoms with Crippen molar-refractivity contribution in [3.63, 3.8) is 0 Å². The van der Waals surface area contributed by atoms with Crippen LogP contribution >= 0.6 is 0 Å². The van der Waals surface area contributed by atoms with E-state index >= 15 is 0 Å². The van der Waals surface area contributed by atoms with E-state index in [-0.39, 0.29) is 6.10 Å². The van der Waals surface area contributed by atoms with Crippen molar-refractivity contribution in [1.29, 1.82) is 0 Å². The van der Waals surface area contributed by atoms with Gasteiger partial charge in [-0.2, -0.15) is 0 Å². The lowest BCUT2D eigenvalue weighted by Crippen LogP contribution is -2.25. The maximum Gasteiger partial charge on any atom is 0.0662 e. The van der Waals surface area contributed by atoms with Crippen LogP contribution in [0, 0.1) is 6.92 Å². The summed E-state index contributed by atoms with van der Waals surface area (Å²) < 4.78 is 0. The SMILES string of the molecule is CCC(O)CNCc1ccncc1C. The largest absolute Gasteiger partial charge is 0.392 e. The molecule has 0 saturated heterocycles. The number of hydrogen-bond acceptors (Lipinski definition) is 3. The van der Waals surface area contributed by atoms with E-state index < -0.39 is 0 Å². The highest BCUT2D eigenvalue weighted by Crippen LogP contribution is 2.03. The predicted octanol–water partition coefficient (Wildman–Crippen LogP) is 1.25. The summed E-state index contributed by atoms with van der Waals surface area (Å²) in [5.74, 6) is 0. The van der Waals surface area contributed by atoms with Crippen molar-refractivity contribution < 1.29 is 5.11 Å². The lowest BCUT2D eigenvalue weighted by atomic mass is 10.1. The van der Waals surface area contributed by atoms with E-state index in [0.717, 1.165) is 13.0 Å². The summed E-state index contributed by atoms with van der Waals surface area (Å²) in [6.07, 6.45) is 4.20. The Morgan fingerprint density at radius 3 is 3.00 bits per heavy atom. The molecule has 78 valence electrons.